The van der Waals surface area contributed by atoms with Gasteiger partial charge in [0, 0.05) is 32.3 Å². The zero-order valence-corrected chi connectivity index (χ0v) is 12.2. The second kappa shape index (κ2) is 7.46. The molecule has 0 spiro atoms. The lowest BCUT2D eigenvalue weighted by Gasteiger charge is -2.34. The van der Waals surface area contributed by atoms with E-state index in [0.717, 1.165) is 31.7 Å². The Kier molecular flexibility index (Phi) is 5.93. The Morgan fingerprint density at radius 3 is 2.72 bits per heavy atom. The van der Waals surface area contributed by atoms with Gasteiger partial charge in [-0.05, 0) is 45.1 Å². The number of rotatable bonds is 7. The fourth-order valence-corrected chi connectivity index (χ4v) is 3.81. The summed E-state index contributed by atoms with van der Waals surface area (Å²) in [7, 11) is 1.77. The van der Waals surface area contributed by atoms with Gasteiger partial charge in [-0.3, -0.25) is 4.90 Å². The third kappa shape index (κ3) is 3.69. The van der Waals surface area contributed by atoms with E-state index in [1.807, 2.05) is 0 Å². The van der Waals surface area contributed by atoms with Crippen molar-refractivity contribution in [2.75, 3.05) is 33.4 Å². The highest BCUT2D eigenvalue weighted by Gasteiger charge is 2.35. The maximum absolute atomic E-state index is 5.08. The molecule has 3 heteroatoms. The molecule has 1 aliphatic heterocycles. The summed E-state index contributed by atoms with van der Waals surface area (Å²) in [6.45, 7) is 6.59. The molecule has 0 aromatic rings. The fourth-order valence-electron chi connectivity index (χ4n) is 3.81. The minimum Gasteiger partial charge on any atom is -0.383 e. The van der Waals surface area contributed by atoms with Crippen molar-refractivity contribution in [2.24, 2.45) is 5.92 Å². The van der Waals surface area contributed by atoms with Crippen molar-refractivity contribution in [1.82, 2.24) is 10.2 Å². The van der Waals surface area contributed by atoms with Crippen LogP contribution in [0, 0.1) is 5.92 Å². The molecule has 0 aromatic carbocycles. The summed E-state index contributed by atoms with van der Waals surface area (Å²) < 4.78 is 5.08. The van der Waals surface area contributed by atoms with E-state index >= 15 is 0 Å². The predicted molar refractivity (Wildman–Crippen MR) is 75.9 cm³/mol. The van der Waals surface area contributed by atoms with Gasteiger partial charge in [0.1, 0.15) is 0 Å². The maximum Gasteiger partial charge on any atom is 0.0587 e. The minimum absolute atomic E-state index is 0.676. The van der Waals surface area contributed by atoms with Crippen LogP contribution in [0.5, 0.6) is 0 Å². The highest BCUT2D eigenvalue weighted by Crippen LogP contribution is 2.36. The molecule has 106 valence electrons. The number of hydrogen-bond acceptors (Lipinski definition) is 3. The molecule has 0 bridgehead atoms. The van der Waals surface area contributed by atoms with Gasteiger partial charge in [0.05, 0.1) is 6.61 Å². The monoisotopic (exact) mass is 254 g/mol. The quantitative estimate of drug-likeness (QED) is 0.705. The molecule has 1 heterocycles. The average molecular weight is 254 g/mol. The molecular weight excluding hydrogens is 224 g/mol. The highest BCUT2D eigenvalue weighted by atomic mass is 16.5. The lowest BCUT2D eigenvalue weighted by Crippen LogP contribution is -2.45. The van der Waals surface area contributed by atoms with Gasteiger partial charge in [-0.2, -0.15) is 0 Å². The molecule has 0 radical (unpaired) electrons. The lowest BCUT2D eigenvalue weighted by atomic mass is 9.95. The molecule has 2 aliphatic rings. The highest BCUT2D eigenvalue weighted by molar-refractivity contribution is 4.90. The van der Waals surface area contributed by atoms with E-state index in [4.69, 9.17) is 4.74 Å². The maximum atomic E-state index is 5.08. The minimum atomic E-state index is 0.676. The topological polar surface area (TPSA) is 24.5 Å². The number of nitrogens with zero attached hydrogens (tertiary/aromatic N) is 1. The summed E-state index contributed by atoms with van der Waals surface area (Å²) in [4.78, 5) is 2.77. The van der Waals surface area contributed by atoms with Crippen LogP contribution in [0.4, 0.5) is 0 Å². The van der Waals surface area contributed by atoms with Crippen molar-refractivity contribution in [3.05, 3.63) is 0 Å². The van der Waals surface area contributed by atoms with Gasteiger partial charge in [0.15, 0.2) is 0 Å². The van der Waals surface area contributed by atoms with Gasteiger partial charge in [-0.15, -0.1) is 0 Å². The van der Waals surface area contributed by atoms with Crippen LogP contribution in [0.3, 0.4) is 0 Å². The van der Waals surface area contributed by atoms with E-state index in [0.29, 0.717) is 6.04 Å². The Balaban J connectivity index is 1.75. The van der Waals surface area contributed by atoms with Crippen molar-refractivity contribution in [1.29, 1.82) is 0 Å². The van der Waals surface area contributed by atoms with E-state index in [2.05, 4.69) is 17.1 Å². The molecule has 1 aliphatic carbocycles. The molecule has 2 rings (SSSR count). The zero-order chi connectivity index (χ0) is 12.8. The summed E-state index contributed by atoms with van der Waals surface area (Å²) in [6.07, 6.45) is 8.73. The van der Waals surface area contributed by atoms with Crippen molar-refractivity contribution in [2.45, 2.75) is 57.5 Å². The van der Waals surface area contributed by atoms with Crippen LogP contribution in [0.15, 0.2) is 0 Å². The first-order chi connectivity index (χ1) is 8.83. The van der Waals surface area contributed by atoms with Crippen LogP contribution in [-0.2, 0) is 4.74 Å². The molecule has 18 heavy (non-hydrogen) atoms. The molecule has 1 saturated heterocycles. The van der Waals surface area contributed by atoms with Crippen LogP contribution >= 0.6 is 0 Å². The first-order valence-electron chi connectivity index (χ1n) is 7.78. The van der Waals surface area contributed by atoms with Crippen molar-refractivity contribution < 1.29 is 4.74 Å². The Labute approximate surface area is 112 Å². The molecule has 2 unspecified atom stereocenters. The van der Waals surface area contributed by atoms with Gasteiger partial charge < -0.3 is 10.1 Å². The van der Waals surface area contributed by atoms with Gasteiger partial charge in [-0.1, -0.05) is 12.8 Å². The Morgan fingerprint density at radius 1 is 1.22 bits per heavy atom. The second-order valence-corrected chi connectivity index (χ2v) is 6.04. The number of ether oxygens (including phenoxy) is 1. The predicted octanol–water partition coefficient (Wildman–Crippen LogP) is 2.27. The summed E-state index contributed by atoms with van der Waals surface area (Å²) in [6, 6.07) is 1.56. The number of hydrogen-bond donors (Lipinski definition) is 1. The SMILES string of the molecule is COCCNCC(C)N1CCCC1C1CCCC1. The summed E-state index contributed by atoms with van der Waals surface area (Å²) in [5.74, 6) is 0.994. The van der Waals surface area contributed by atoms with Crippen LogP contribution in [0.1, 0.15) is 45.4 Å². The molecule has 3 nitrogen and oxygen atoms in total. The first-order valence-corrected chi connectivity index (χ1v) is 7.78. The molecular formula is C15H30N2O. The van der Waals surface area contributed by atoms with E-state index < -0.39 is 0 Å². The largest absolute Gasteiger partial charge is 0.383 e. The molecule has 0 amide bonds. The molecule has 2 fully saturated rings. The molecule has 2 atom stereocenters. The van der Waals surface area contributed by atoms with Gasteiger partial charge >= 0.3 is 0 Å². The van der Waals surface area contributed by atoms with E-state index in [1.165, 1.54) is 45.1 Å². The standard InChI is InChI=1S/C15H30N2O/c1-13(12-16-9-11-18-2)17-10-5-8-15(17)14-6-3-4-7-14/h13-16H,3-12H2,1-2H3. The van der Waals surface area contributed by atoms with E-state index in [1.54, 1.807) is 7.11 Å². The number of likely N-dealkylation sites (tertiary alicyclic amines) is 1. The fraction of sp³-hybridized carbons (Fsp3) is 1.00. The summed E-state index contributed by atoms with van der Waals surface area (Å²) >= 11 is 0. The normalized spacial score (nSPS) is 28.0. The van der Waals surface area contributed by atoms with E-state index in [-0.39, 0.29) is 0 Å². The Hall–Kier alpha value is -0.120. The van der Waals surface area contributed by atoms with Gasteiger partial charge in [-0.25, -0.2) is 0 Å². The smallest absolute Gasteiger partial charge is 0.0587 e. The first kappa shape index (κ1) is 14.3. The third-order valence-electron chi connectivity index (χ3n) is 4.78. The van der Waals surface area contributed by atoms with E-state index in [9.17, 15) is 0 Å². The third-order valence-corrected chi connectivity index (χ3v) is 4.78. The second-order valence-electron chi connectivity index (χ2n) is 6.04. The number of methoxy groups -OCH3 is 1. The zero-order valence-electron chi connectivity index (χ0n) is 12.2. The van der Waals surface area contributed by atoms with Crippen LogP contribution in [0.25, 0.3) is 0 Å². The summed E-state index contributed by atoms with van der Waals surface area (Å²) in [5.41, 5.74) is 0. The lowest BCUT2D eigenvalue weighted by molar-refractivity contribution is 0.138. The van der Waals surface area contributed by atoms with Crippen LogP contribution < -0.4 is 5.32 Å². The van der Waals surface area contributed by atoms with Crippen molar-refractivity contribution in [3.8, 4) is 0 Å². The van der Waals surface area contributed by atoms with Crippen LogP contribution in [-0.4, -0.2) is 50.3 Å². The molecule has 0 aromatic heterocycles. The average Bonchev–Trinajstić information content (AvgIpc) is 3.02. The Morgan fingerprint density at radius 2 is 2.00 bits per heavy atom. The van der Waals surface area contributed by atoms with Gasteiger partial charge in [0.2, 0.25) is 0 Å². The van der Waals surface area contributed by atoms with Crippen molar-refractivity contribution >= 4 is 0 Å². The van der Waals surface area contributed by atoms with Gasteiger partial charge in [0.25, 0.3) is 0 Å². The molecule has 1 saturated carbocycles. The van der Waals surface area contributed by atoms with Crippen molar-refractivity contribution in [3.63, 3.8) is 0 Å². The number of nitrogens with one attached hydrogen (secondary N) is 1. The molecule has 1 N–H and O–H groups in total. The summed E-state index contributed by atoms with van der Waals surface area (Å²) in [5, 5.41) is 3.51. The Bertz CT molecular complexity index is 229. The van der Waals surface area contributed by atoms with Crippen LogP contribution in [0.2, 0.25) is 0 Å².